The Morgan fingerprint density at radius 2 is 1.90 bits per heavy atom. The van der Waals surface area contributed by atoms with Crippen LogP contribution in [-0.4, -0.2) is 69.2 Å². The van der Waals surface area contributed by atoms with Crippen LogP contribution < -0.4 is 5.73 Å². The molecule has 0 spiro atoms. The lowest BCUT2D eigenvalue weighted by Gasteiger charge is -2.33. The highest BCUT2D eigenvalue weighted by molar-refractivity contribution is 5.80. The minimum absolute atomic E-state index is 0.0555. The minimum atomic E-state index is 0.0555. The number of rotatable bonds is 8. The third-order valence-electron chi connectivity index (χ3n) is 5.18. The first kappa shape index (κ1) is 16.7. The van der Waals surface area contributed by atoms with Crippen LogP contribution in [0, 0.1) is 17.8 Å². The zero-order valence-corrected chi connectivity index (χ0v) is 13.8. The average molecular weight is 297 g/mol. The van der Waals surface area contributed by atoms with Crippen LogP contribution in [0.5, 0.6) is 0 Å². The van der Waals surface area contributed by atoms with Gasteiger partial charge in [-0.2, -0.15) is 0 Å². The van der Waals surface area contributed by atoms with Crippen molar-refractivity contribution < 1.29 is 9.53 Å². The van der Waals surface area contributed by atoms with Crippen molar-refractivity contribution in [2.75, 3.05) is 47.4 Å². The molecule has 0 aliphatic heterocycles. The van der Waals surface area contributed by atoms with Gasteiger partial charge in [-0.05, 0) is 58.2 Å². The first-order valence-electron chi connectivity index (χ1n) is 8.22. The fraction of sp³-hybridized carbons (Fsp3) is 0.938. The van der Waals surface area contributed by atoms with Gasteiger partial charge in [0, 0.05) is 26.2 Å². The Bertz CT molecular complexity index is 346. The van der Waals surface area contributed by atoms with Crippen molar-refractivity contribution in [1.82, 2.24) is 9.80 Å². The van der Waals surface area contributed by atoms with Gasteiger partial charge in [0.25, 0.3) is 0 Å². The number of hydrogen-bond donors (Lipinski definition) is 1. The SMILES string of the molecule is COCCN(CCCN(C)C)C(=O)C1C2CCC(C2)C1N. The molecule has 21 heavy (non-hydrogen) atoms. The van der Waals surface area contributed by atoms with E-state index in [4.69, 9.17) is 10.5 Å². The van der Waals surface area contributed by atoms with Gasteiger partial charge in [0.1, 0.15) is 0 Å². The molecule has 5 heteroatoms. The predicted molar refractivity (Wildman–Crippen MR) is 83.9 cm³/mol. The summed E-state index contributed by atoms with van der Waals surface area (Å²) >= 11 is 0. The van der Waals surface area contributed by atoms with Crippen LogP contribution in [0.3, 0.4) is 0 Å². The first-order chi connectivity index (χ1) is 10.0. The number of fused-ring (bicyclic) bond motifs is 2. The number of ether oxygens (including phenoxy) is 1. The van der Waals surface area contributed by atoms with Gasteiger partial charge in [0.05, 0.1) is 12.5 Å². The third kappa shape index (κ3) is 3.96. The van der Waals surface area contributed by atoms with Gasteiger partial charge in [-0.1, -0.05) is 0 Å². The molecular weight excluding hydrogens is 266 g/mol. The van der Waals surface area contributed by atoms with Gasteiger partial charge in [-0.25, -0.2) is 0 Å². The summed E-state index contributed by atoms with van der Waals surface area (Å²) in [6.07, 6.45) is 4.56. The molecule has 4 atom stereocenters. The van der Waals surface area contributed by atoms with Crippen molar-refractivity contribution in [3.05, 3.63) is 0 Å². The van der Waals surface area contributed by atoms with Crippen LogP contribution in [0.4, 0.5) is 0 Å². The van der Waals surface area contributed by atoms with E-state index in [9.17, 15) is 4.79 Å². The Kier molecular flexibility index (Phi) is 6.02. The van der Waals surface area contributed by atoms with Crippen LogP contribution in [0.15, 0.2) is 0 Å². The molecule has 1 amide bonds. The molecule has 5 nitrogen and oxygen atoms in total. The summed E-state index contributed by atoms with van der Waals surface area (Å²) in [5, 5.41) is 0. The molecule has 0 saturated heterocycles. The molecular formula is C16H31N3O2. The molecule has 0 heterocycles. The molecule has 2 fully saturated rings. The topological polar surface area (TPSA) is 58.8 Å². The predicted octanol–water partition coefficient (Wildman–Crippen LogP) is 0.787. The van der Waals surface area contributed by atoms with Gasteiger partial charge < -0.3 is 20.3 Å². The standard InChI is InChI=1S/C16H31N3O2/c1-18(2)7-4-8-19(9-10-21-3)16(20)14-12-5-6-13(11-12)15(14)17/h12-15H,4-11,17H2,1-3H3. The second kappa shape index (κ2) is 7.56. The van der Waals surface area contributed by atoms with E-state index in [0.29, 0.717) is 25.0 Å². The van der Waals surface area contributed by atoms with Crippen LogP contribution in [-0.2, 0) is 9.53 Å². The van der Waals surface area contributed by atoms with Gasteiger partial charge in [0.15, 0.2) is 0 Å². The van der Waals surface area contributed by atoms with E-state index in [1.54, 1.807) is 7.11 Å². The molecule has 0 aromatic heterocycles. The highest BCUT2D eigenvalue weighted by Gasteiger charge is 2.49. The average Bonchev–Trinajstić information content (AvgIpc) is 3.02. The van der Waals surface area contributed by atoms with Crippen LogP contribution >= 0.6 is 0 Å². The van der Waals surface area contributed by atoms with Crippen LogP contribution in [0.1, 0.15) is 25.7 Å². The largest absolute Gasteiger partial charge is 0.383 e. The minimum Gasteiger partial charge on any atom is -0.383 e. The van der Waals surface area contributed by atoms with Crippen molar-refractivity contribution in [1.29, 1.82) is 0 Å². The lowest BCUT2D eigenvalue weighted by Crippen LogP contribution is -2.48. The van der Waals surface area contributed by atoms with E-state index < -0.39 is 0 Å². The van der Waals surface area contributed by atoms with Crippen molar-refractivity contribution in [2.24, 2.45) is 23.5 Å². The maximum absolute atomic E-state index is 12.9. The van der Waals surface area contributed by atoms with Crippen LogP contribution in [0.2, 0.25) is 0 Å². The summed E-state index contributed by atoms with van der Waals surface area (Å²) in [4.78, 5) is 17.0. The Hall–Kier alpha value is -0.650. The van der Waals surface area contributed by atoms with Crippen molar-refractivity contribution in [3.8, 4) is 0 Å². The van der Waals surface area contributed by atoms with Crippen molar-refractivity contribution >= 4 is 5.91 Å². The monoisotopic (exact) mass is 297 g/mol. The second-order valence-corrected chi connectivity index (χ2v) is 6.91. The maximum atomic E-state index is 12.9. The molecule has 2 aliphatic rings. The second-order valence-electron chi connectivity index (χ2n) is 6.91. The smallest absolute Gasteiger partial charge is 0.227 e. The number of nitrogens with zero attached hydrogens (tertiary/aromatic N) is 2. The Morgan fingerprint density at radius 3 is 2.48 bits per heavy atom. The molecule has 0 aromatic carbocycles. The summed E-state index contributed by atoms with van der Waals surface area (Å²) in [5.74, 6) is 1.43. The van der Waals surface area contributed by atoms with Crippen LogP contribution in [0.25, 0.3) is 0 Å². The summed E-state index contributed by atoms with van der Waals surface area (Å²) in [5.41, 5.74) is 6.32. The first-order valence-corrected chi connectivity index (χ1v) is 8.22. The van der Waals surface area contributed by atoms with E-state index in [1.807, 2.05) is 4.90 Å². The zero-order valence-electron chi connectivity index (χ0n) is 13.8. The number of amides is 1. The lowest BCUT2D eigenvalue weighted by atomic mass is 9.84. The maximum Gasteiger partial charge on any atom is 0.227 e. The molecule has 2 aliphatic carbocycles. The fourth-order valence-electron chi connectivity index (χ4n) is 4.02. The highest BCUT2D eigenvalue weighted by atomic mass is 16.5. The van der Waals surface area contributed by atoms with Gasteiger partial charge >= 0.3 is 0 Å². The highest BCUT2D eigenvalue weighted by Crippen LogP contribution is 2.48. The van der Waals surface area contributed by atoms with Crippen molar-refractivity contribution in [3.63, 3.8) is 0 Å². The summed E-state index contributed by atoms with van der Waals surface area (Å²) in [7, 11) is 5.81. The molecule has 2 N–H and O–H groups in total. The molecule has 0 aromatic rings. The number of nitrogens with two attached hydrogens (primary N) is 1. The Morgan fingerprint density at radius 1 is 1.19 bits per heavy atom. The molecule has 0 radical (unpaired) electrons. The number of carbonyl (C=O) groups is 1. The number of hydrogen-bond acceptors (Lipinski definition) is 4. The number of carbonyl (C=O) groups excluding carboxylic acids is 1. The van der Waals surface area contributed by atoms with Gasteiger partial charge in [-0.15, -0.1) is 0 Å². The van der Waals surface area contributed by atoms with Gasteiger partial charge in [-0.3, -0.25) is 4.79 Å². The van der Waals surface area contributed by atoms with E-state index in [-0.39, 0.29) is 17.9 Å². The summed E-state index contributed by atoms with van der Waals surface area (Å²) in [6.45, 7) is 3.09. The van der Waals surface area contributed by atoms with E-state index in [2.05, 4.69) is 19.0 Å². The zero-order chi connectivity index (χ0) is 15.4. The molecule has 4 unspecified atom stereocenters. The Labute approximate surface area is 128 Å². The quantitative estimate of drug-likeness (QED) is 0.719. The third-order valence-corrected chi connectivity index (χ3v) is 5.18. The number of methoxy groups -OCH3 is 1. The van der Waals surface area contributed by atoms with Gasteiger partial charge in [0.2, 0.25) is 5.91 Å². The fourth-order valence-corrected chi connectivity index (χ4v) is 4.02. The van der Waals surface area contributed by atoms with Crippen molar-refractivity contribution in [2.45, 2.75) is 31.7 Å². The molecule has 2 bridgehead atoms. The molecule has 2 saturated carbocycles. The van der Waals surface area contributed by atoms with E-state index >= 15 is 0 Å². The molecule has 122 valence electrons. The molecule has 2 rings (SSSR count). The summed E-state index contributed by atoms with van der Waals surface area (Å²) < 4.78 is 5.17. The van der Waals surface area contributed by atoms with E-state index in [1.165, 1.54) is 12.8 Å². The van der Waals surface area contributed by atoms with E-state index in [0.717, 1.165) is 25.9 Å². The Balaban J connectivity index is 1.93. The lowest BCUT2D eigenvalue weighted by molar-refractivity contribution is -0.138. The normalized spacial score (nSPS) is 31.1. The summed E-state index contributed by atoms with van der Waals surface area (Å²) in [6, 6.07) is 0.0788.